The van der Waals surface area contributed by atoms with Crippen molar-refractivity contribution >= 4 is 43.2 Å². The van der Waals surface area contributed by atoms with Crippen LogP contribution in [-0.2, 0) is 29.6 Å². The lowest BCUT2D eigenvalue weighted by Crippen LogP contribution is -2.38. The standard InChI is InChI=1S/C35H52N4O6S2/c1-38(30-14-8-6-9-15-30)46(42,43)32-24-20-28(21-25-32)36-34(40)18-12-4-3-5-13-19-35(41)37-29-22-26-33(27-23-29)47(44,45)39(2)31-16-10-7-11-17-31/h20-27,30-31H,3-19H2,1-2H3,(H,36,40)(H,37,41). The average Bonchev–Trinajstić information content (AvgIpc) is 3.08. The van der Waals surface area contributed by atoms with Crippen molar-refractivity contribution in [3.05, 3.63) is 48.5 Å². The first-order valence-corrected chi connectivity index (χ1v) is 20.1. The highest BCUT2D eigenvalue weighted by atomic mass is 32.2. The van der Waals surface area contributed by atoms with Crippen molar-refractivity contribution in [3.63, 3.8) is 0 Å². The molecule has 2 N–H and O–H groups in total. The minimum absolute atomic E-state index is 0.0428. The number of rotatable bonds is 16. The number of anilines is 2. The Bertz CT molecular complexity index is 1400. The first kappa shape index (κ1) is 37.0. The Morgan fingerprint density at radius 1 is 0.553 bits per heavy atom. The molecule has 10 nitrogen and oxygen atoms in total. The van der Waals surface area contributed by atoms with Crippen molar-refractivity contribution in [2.75, 3.05) is 24.7 Å². The molecule has 260 valence electrons. The Morgan fingerprint density at radius 3 is 1.21 bits per heavy atom. The lowest BCUT2D eigenvalue weighted by molar-refractivity contribution is -0.117. The summed E-state index contributed by atoms with van der Waals surface area (Å²) in [6, 6.07) is 12.8. The van der Waals surface area contributed by atoms with Crippen LogP contribution >= 0.6 is 0 Å². The van der Waals surface area contributed by atoms with Crippen LogP contribution in [0.5, 0.6) is 0 Å². The number of benzene rings is 2. The molecule has 0 radical (unpaired) electrons. The molecular formula is C35H52N4O6S2. The molecule has 2 aromatic rings. The lowest BCUT2D eigenvalue weighted by Gasteiger charge is -2.30. The maximum atomic E-state index is 13.0. The van der Waals surface area contributed by atoms with Crippen LogP contribution in [0.15, 0.2) is 58.3 Å². The smallest absolute Gasteiger partial charge is 0.243 e. The van der Waals surface area contributed by atoms with Gasteiger partial charge in [-0.1, -0.05) is 57.8 Å². The van der Waals surface area contributed by atoms with Gasteiger partial charge in [0.2, 0.25) is 31.9 Å². The molecule has 0 bridgehead atoms. The summed E-state index contributed by atoms with van der Waals surface area (Å²) in [7, 11) is -3.82. The molecule has 0 atom stereocenters. The average molecular weight is 689 g/mol. The van der Waals surface area contributed by atoms with Gasteiger partial charge in [-0.05, 0) is 87.1 Å². The molecule has 0 aliphatic heterocycles. The van der Waals surface area contributed by atoms with Gasteiger partial charge in [0.1, 0.15) is 0 Å². The van der Waals surface area contributed by atoms with E-state index >= 15 is 0 Å². The van der Waals surface area contributed by atoms with Crippen LogP contribution in [0.1, 0.15) is 109 Å². The van der Waals surface area contributed by atoms with E-state index in [2.05, 4.69) is 10.6 Å². The number of carbonyl (C=O) groups excluding carboxylic acids is 2. The fourth-order valence-electron chi connectivity index (χ4n) is 6.58. The summed E-state index contributed by atoms with van der Waals surface area (Å²) in [4.78, 5) is 25.3. The lowest BCUT2D eigenvalue weighted by atomic mass is 9.96. The van der Waals surface area contributed by atoms with Crippen molar-refractivity contribution in [1.82, 2.24) is 8.61 Å². The predicted molar refractivity (Wildman–Crippen MR) is 186 cm³/mol. The van der Waals surface area contributed by atoms with Gasteiger partial charge < -0.3 is 10.6 Å². The second-order valence-corrected chi connectivity index (χ2v) is 17.0. The van der Waals surface area contributed by atoms with Gasteiger partial charge in [0.15, 0.2) is 0 Å². The number of sulfonamides is 2. The van der Waals surface area contributed by atoms with Crippen molar-refractivity contribution in [3.8, 4) is 0 Å². The number of hydrogen-bond acceptors (Lipinski definition) is 6. The van der Waals surface area contributed by atoms with Gasteiger partial charge in [-0.25, -0.2) is 16.8 Å². The number of hydrogen-bond donors (Lipinski definition) is 2. The summed E-state index contributed by atoms with van der Waals surface area (Å²) in [5, 5.41) is 5.70. The van der Waals surface area contributed by atoms with Crippen molar-refractivity contribution < 1.29 is 26.4 Å². The number of nitrogens with one attached hydrogen (secondary N) is 2. The number of nitrogens with zero attached hydrogens (tertiary/aromatic N) is 2. The molecule has 0 aromatic heterocycles. The highest BCUT2D eigenvalue weighted by Gasteiger charge is 2.30. The first-order chi connectivity index (χ1) is 22.5. The molecule has 47 heavy (non-hydrogen) atoms. The monoisotopic (exact) mass is 688 g/mol. The van der Waals surface area contributed by atoms with E-state index in [1.807, 2.05) is 0 Å². The largest absolute Gasteiger partial charge is 0.326 e. The van der Waals surface area contributed by atoms with Gasteiger partial charge in [0.05, 0.1) is 9.79 Å². The van der Waals surface area contributed by atoms with Crippen molar-refractivity contribution in [2.24, 2.45) is 0 Å². The van der Waals surface area contributed by atoms with Crippen molar-refractivity contribution in [1.29, 1.82) is 0 Å². The fourth-order valence-corrected chi connectivity index (χ4v) is 9.41. The molecule has 2 aliphatic carbocycles. The Balaban J connectivity index is 1.09. The van der Waals surface area contributed by atoms with E-state index in [-0.39, 0.29) is 33.7 Å². The van der Waals surface area contributed by atoms with E-state index in [0.717, 1.165) is 96.3 Å². The molecule has 2 saturated carbocycles. The number of unbranched alkanes of at least 4 members (excludes halogenated alkanes) is 4. The molecule has 4 rings (SSSR count). The van der Waals surface area contributed by atoms with Crippen LogP contribution in [0.4, 0.5) is 11.4 Å². The van der Waals surface area contributed by atoms with Crippen LogP contribution in [0, 0.1) is 0 Å². The first-order valence-electron chi connectivity index (χ1n) is 17.2. The van der Waals surface area contributed by atoms with E-state index in [4.69, 9.17) is 0 Å². The summed E-state index contributed by atoms with van der Waals surface area (Å²) < 4.78 is 55.1. The SMILES string of the molecule is CN(C1CCCCC1)S(=O)(=O)c1ccc(NC(=O)CCCCCCCC(=O)Nc2ccc(S(=O)(=O)N(C)C3CCCCC3)cc2)cc1. The molecule has 2 aromatic carbocycles. The zero-order chi connectivity index (χ0) is 33.9. The third kappa shape index (κ3) is 10.6. The van der Waals surface area contributed by atoms with E-state index in [1.54, 1.807) is 62.6 Å². The fraction of sp³-hybridized carbons (Fsp3) is 0.600. The van der Waals surface area contributed by atoms with E-state index in [9.17, 15) is 26.4 Å². The van der Waals surface area contributed by atoms with Gasteiger partial charge in [-0.3, -0.25) is 9.59 Å². The Hall–Kier alpha value is -2.80. The molecule has 0 unspecified atom stereocenters. The normalized spacial score (nSPS) is 16.8. The summed E-state index contributed by atoms with van der Waals surface area (Å²) in [5.74, 6) is -0.225. The van der Waals surface area contributed by atoms with Gasteiger partial charge in [-0.15, -0.1) is 0 Å². The second-order valence-electron chi connectivity index (χ2n) is 13.0. The van der Waals surface area contributed by atoms with Gasteiger partial charge >= 0.3 is 0 Å². The van der Waals surface area contributed by atoms with Crippen molar-refractivity contribution in [2.45, 2.75) is 131 Å². The van der Waals surface area contributed by atoms with Gasteiger partial charge in [0.25, 0.3) is 0 Å². The molecular weight excluding hydrogens is 637 g/mol. The van der Waals surface area contributed by atoms with Crippen LogP contribution in [0.2, 0.25) is 0 Å². The van der Waals surface area contributed by atoms with E-state index in [1.165, 1.54) is 8.61 Å². The van der Waals surface area contributed by atoms with Crippen LogP contribution in [0.3, 0.4) is 0 Å². The highest BCUT2D eigenvalue weighted by Crippen LogP contribution is 2.28. The number of carbonyl (C=O) groups is 2. The quantitative estimate of drug-likeness (QED) is 0.184. The maximum Gasteiger partial charge on any atom is 0.243 e. The molecule has 2 amide bonds. The molecule has 2 aliphatic rings. The van der Waals surface area contributed by atoms with Crippen LogP contribution < -0.4 is 10.6 Å². The second kappa shape index (κ2) is 17.6. The third-order valence-corrected chi connectivity index (χ3v) is 13.5. The molecule has 2 fully saturated rings. The van der Waals surface area contributed by atoms with Gasteiger partial charge in [0, 0.05) is 50.4 Å². The van der Waals surface area contributed by atoms with E-state index in [0.29, 0.717) is 24.2 Å². The zero-order valence-electron chi connectivity index (χ0n) is 28.0. The minimum Gasteiger partial charge on any atom is -0.326 e. The summed E-state index contributed by atoms with van der Waals surface area (Å²) in [6.45, 7) is 0. The number of amides is 2. The zero-order valence-corrected chi connectivity index (χ0v) is 29.6. The minimum atomic E-state index is -3.57. The van der Waals surface area contributed by atoms with Gasteiger partial charge in [-0.2, -0.15) is 8.61 Å². The Morgan fingerprint density at radius 2 is 0.872 bits per heavy atom. The Labute approximate surface area is 281 Å². The van der Waals surface area contributed by atoms with Crippen LogP contribution in [-0.4, -0.2) is 63.4 Å². The Kier molecular flexibility index (Phi) is 13.8. The topological polar surface area (TPSA) is 133 Å². The summed E-state index contributed by atoms with van der Waals surface area (Å²) in [6.07, 6.45) is 14.9. The molecule has 0 heterocycles. The third-order valence-electron chi connectivity index (χ3n) is 9.62. The maximum absolute atomic E-state index is 13.0. The van der Waals surface area contributed by atoms with Crippen LogP contribution in [0.25, 0.3) is 0 Å². The predicted octanol–water partition coefficient (Wildman–Crippen LogP) is 6.90. The molecule has 0 saturated heterocycles. The summed E-state index contributed by atoms with van der Waals surface area (Å²) in [5.41, 5.74) is 1.15. The molecule has 0 spiro atoms. The summed E-state index contributed by atoms with van der Waals surface area (Å²) >= 11 is 0. The van der Waals surface area contributed by atoms with E-state index < -0.39 is 20.0 Å². The highest BCUT2D eigenvalue weighted by molar-refractivity contribution is 7.89. The molecule has 12 heteroatoms.